The van der Waals surface area contributed by atoms with Crippen molar-refractivity contribution in [3.05, 3.63) is 12.2 Å². The van der Waals surface area contributed by atoms with Crippen molar-refractivity contribution < 1.29 is 19.7 Å². The zero-order chi connectivity index (χ0) is 16.4. The molecule has 0 heterocycles. The minimum Gasteiger partial charge on any atom is -0.466 e. The molecule has 0 amide bonds. The summed E-state index contributed by atoms with van der Waals surface area (Å²) in [6, 6.07) is 0. The lowest BCUT2D eigenvalue weighted by Crippen LogP contribution is -2.21. The molecule has 4 nitrogen and oxygen atoms in total. The van der Waals surface area contributed by atoms with Gasteiger partial charge in [0.15, 0.2) is 0 Å². The molecule has 0 aromatic carbocycles. The van der Waals surface area contributed by atoms with E-state index in [9.17, 15) is 15.0 Å². The van der Waals surface area contributed by atoms with Gasteiger partial charge in [-0.15, -0.1) is 0 Å². The van der Waals surface area contributed by atoms with Crippen molar-refractivity contribution in [1.29, 1.82) is 0 Å². The smallest absolute Gasteiger partial charge is 0.305 e. The van der Waals surface area contributed by atoms with Gasteiger partial charge in [-0.1, -0.05) is 31.4 Å². The van der Waals surface area contributed by atoms with Crippen LogP contribution in [0.2, 0.25) is 0 Å². The summed E-state index contributed by atoms with van der Waals surface area (Å²) in [6.07, 6.45) is 10.8. The Labute approximate surface area is 134 Å². The van der Waals surface area contributed by atoms with Crippen molar-refractivity contribution in [2.75, 3.05) is 6.61 Å². The van der Waals surface area contributed by atoms with Gasteiger partial charge in [0.25, 0.3) is 0 Å². The molecular weight excluding hydrogens is 280 g/mol. The number of aliphatic hydroxyl groups is 2. The summed E-state index contributed by atoms with van der Waals surface area (Å²) in [7, 11) is 0. The Hall–Kier alpha value is -0.870. The number of aliphatic hydroxyl groups excluding tert-OH is 2. The Balaban J connectivity index is 2.13. The Morgan fingerprint density at radius 1 is 1.18 bits per heavy atom. The highest BCUT2D eigenvalue weighted by atomic mass is 16.5. The van der Waals surface area contributed by atoms with Crippen LogP contribution in [0.1, 0.15) is 65.2 Å². The van der Waals surface area contributed by atoms with Gasteiger partial charge in [-0.25, -0.2) is 0 Å². The van der Waals surface area contributed by atoms with Crippen LogP contribution in [0.25, 0.3) is 0 Å². The predicted molar refractivity (Wildman–Crippen MR) is 87.4 cm³/mol. The molecule has 0 bridgehead atoms. The van der Waals surface area contributed by atoms with E-state index >= 15 is 0 Å². The molecular formula is C18H32O4. The molecule has 0 aromatic heterocycles. The molecule has 4 heteroatoms. The Kier molecular flexibility index (Phi) is 9.41. The van der Waals surface area contributed by atoms with Gasteiger partial charge in [-0.3, -0.25) is 4.79 Å². The van der Waals surface area contributed by atoms with E-state index in [4.69, 9.17) is 4.74 Å². The summed E-state index contributed by atoms with van der Waals surface area (Å²) in [5.74, 6) is 0.587. The number of carbonyl (C=O) groups is 1. The fourth-order valence-corrected chi connectivity index (χ4v) is 3.16. The highest BCUT2D eigenvalue weighted by Crippen LogP contribution is 2.33. The topological polar surface area (TPSA) is 66.8 Å². The van der Waals surface area contributed by atoms with E-state index in [0.29, 0.717) is 24.9 Å². The van der Waals surface area contributed by atoms with Crippen molar-refractivity contribution in [2.24, 2.45) is 11.8 Å². The molecule has 0 saturated carbocycles. The second-order valence-corrected chi connectivity index (χ2v) is 6.39. The average Bonchev–Trinajstić information content (AvgIpc) is 2.81. The van der Waals surface area contributed by atoms with Crippen molar-refractivity contribution in [2.45, 2.75) is 77.4 Å². The summed E-state index contributed by atoms with van der Waals surface area (Å²) in [5.41, 5.74) is 0. The van der Waals surface area contributed by atoms with E-state index in [2.05, 4.69) is 6.08 Å². The molecule has 4 atom stereocenters. The van der Waals surface area contributed by atoms with Crippen molar-refractivity contribution >= 4 is 5.97 Å². The third-order valence-corrected chi connectivity index (χ3v) is 4.44. The highest BCUT2D eigenvalue weighted by Gasteiger charge is 2.29. The largest absolute Gasteiger partial charge is 0.466 e. The van der Waals surface area contributed by atoms with Crippen molar-refractivity contribution in [3.63, 3.8) is 0 Å². The fourth-order valence-electron chi connectivity index (χ4n) is 3.16. The van der Waals surface area contributed by atoms with Crippen LogP contribution in [0.4, 0.5) is 0 Å². The number of allylic oxidation sites excluding steroid dienone is 1. The third kappa shape index (κ3) is 7.41. The summed E-state index contributed by atoms with van der Waals surface area (Å²) >= 11 is 0. The van der Waals surface area contributed by atoms with Crippen LogP contribution in [0.5, 0.6) is 0 Å². The van der Waals surface area contributed by atoms with Gasteiger partial charge in [0.2, 0.25) is 0 Å². The molecule has 1 aliphatic carbocycles. The number of unbranched alkanes of at least 4 members (excludes halogenated alkanes) is 3. The fraction of sp³-hybridized carbons (Fsp3) is 0.833. The summed E-state index contributed by atoms with van der Waals surface area (Å²) in [6.45, 7) is 4.10. The van der Waals surface area contributed by atoms with Crippen LogP contribution in [0, 0.1) is 11.8 Å². The van der Waals surface area contributed by atoms with Gasteiger partial charge in [0.1, 0.15) is 0 Å². The molecule has 0 saturated heterocycles. The lowest BCUT2D eigenvalue weighted by molar-refractivity contribution is -0.143. The lowest BCUT2D eigenvalue weighted by atomic mass is 9.85. The molecule has 0 fully saturated rings. The Morgan fingerprint density at radius 3 is 2.59 bits per heavy atom. The van der Waals surface area contributed by atoms with Crippen LogP contribution < -0.4 is 0 Å². The molecule has 0 aromatic rings. The zero-order valence-electron chi connectivity index (χ0n) is 14.0. The molecule has 22 heavy (non-hydrogen) atoms. The molecule has 0 radical (unpaired) electrons. The van der Waals surface area contributed by atoms with Crippen molar-refractivity contribution in [3.8, 4) is 0 Å². The number of esters is 1. The number of hydrogen-bond donors (Lipinski definition) is 2. The second-order valence-electron chi connectivity index (χ2n) is 6.39. The van der Waals surface area contributed by atoms with Crippen LogP contribution in [0.15, 0.2) is 12.2 Å². The molecule has 0 spiro atoms. The predicted octanol–water partition coefficient (Wildman–Crippen LogP) is 3.21. The van der Waals surface area contributed by atoms with E-state index in [0.717, 1.165) is 44.9 Å². The standard InChI is InChI=1S/C18H32O4/c1-3-22-18(21)9-7-5-4-6-8-16-15(11-10-14(2)19)12-13-17(16)20/h12-17,19-20H,3-11H2,1-2H3. The molecule has 2 N–H and O–H groups in total. The number of rotatable bonds is 11. The lowest BCUT2D eigenvalue weighted by Gasteiger charge is -2.22. The van der Waals surface area contributed by atoms with Crippen LogP contribution in [-0.2, 0) is 9.53 Å². The maximum absolute atomic E-state index is 11.2. The van der Waals surface area contributed by atoms with Gasteiger partial charge >= 0.3 is 5.97 Å². The number of hydrogen-bond acceptors (Lipinski definition) is 4. The molecule has 0 aliphatic heterocycles. The summed E-state index contributed by atoms with van der Waals surface area (Å²) in [4.78, 5) is 11.2. The van der Waals surface area contributed by atoms with Gasteiger partial charge in [0, 0.05) is 6.42 Å². The second kappa shape index (κ2) is 10.8. The maximum atomic E-state index is 11.2. The van der Waals surface area contributed by atoms with Gasteiger partial charge in [-0.2, -0.15) is 0 Å². The minimum absolute atomic E-state index is 0.101. The first-order chi connectivity index (χ1) is 10.5. The summed E-state index contributed by atoms with van der Waals surface area (Å²) in [5, 5.41) is 19.4. The third-order valence-electron chi connectivity index (χ3n) is 4.44. The minimum atomic E-state index is -0.335. The monoisotopic (exact) mass is 312 g/mol. The van der Waals surface area contributed by atoms with Gasteiger partial charge in [0.05, 0.1) is 18.8 Å². The van der Waals surface area contributed by atoms with E-state index in [1.54, 1.807) is 0 Å². The summed E-state index contributed by atoms with van der Waals surface area (Å²) < 4.78 is 4.90. The molecule has 1 aliphatic rings. The Morgan fingerprint density at radius 2 is 1.91 bits per heavy atom. The first kappa shape index (κ1) is 19.2. The normalized spacial score (nSPS) is 25.4. The maximum Gasteiger partial charge on any atom is 0.305 e. The van der Waals surface area contributed by atoms with Gasteiger partial charge in [-0.05, 0) is 51.4 Å². The first-order valence-corrected chi connectivity index (χ1v) is 8.74. The molecule has 1 rings (SSSR count). The first-order valence-electron chi connectivity index (χ1n) is 8.74. The van der Waals surface area contributed by atoms with Crippen LogP contribution in [0.3, 0.4) is 0 Å². The van der Waals surface area contributed by atoms with E-state index in [-0.39, 0.29) is 18.2 Å². The molecule has 128 valence electrons. The average molecular weight is 312 g/mol. The van der Waals surface area contributed by atoms with Crippen LogP contribution in [-0.4, -0.2) is 35.0 Å². The number of ether oxygens (including phenoxy) is 1. The number of carbonyl (C=O) groups excluding carboxylic acids is 1. The highest BCUT2D eigenvalue weighted by molar-refractivity contribution is 5.69. The van der Waals surface area contributed by atoms with Crippen LogP contribution >= 0.6 is 0 Å². The van der Waals surface area contributed by atoms with E-state index < -0.39 is 0 Å². The van der Waals surface area contributed by atoms with Gasteiger partial charge < -0.3 is 14.9 Å². The zero-order valence-corrected chi connectivity index (χ0v) is 14.0. The Bertz CT molecular complexity index is 338. The van der Waals surface area contributed by atoms with E-state index in [1.807, 2.05) is 19.9 Å². The SMILES string of the molecule is CCOC(=O)CCCCCCC1C(O)C=CC1CCC(C)O. The molecule has 4 unspecified atom stereocenters. The quantitative estimate of drug-likeness (QED) is 0.349. The van der Waals surface area contributed by atoms with Crippen molar-refractivity contribution in [1.82, 2.24) is 0 Å². The van der Waals surface area contributed by atoms with E-state index in [1.165, 1.54) is 0 Å².